The van der Waals surface area contributed by atoms with Gasteiger partial charge in [-0.05, 0) is 30.0 Å². The number of hydrogen-bond donors (Lipinski definition) is 0. The molecule has 0 saturated heterocycles. The molecule has 1 aliphatic heterocycles. The van der Waals surface area contributed by atoms with Crippen LogP contribution in [0.15, 0.2) is 18.2 Å². The van der Waals surface area contributed by atoms with Crippen LogP contribution in [0.2, 0.25) is 0 Å². The summed E-state index contributed by atoms with van der Waals surface area (Å²) in [5.41, 5.74) is 1.13. The Bertz CT molecular complexity index is 381. The first kappa shape index (κ1) is 13.7. The van der Waals surface area contributed by atoms with Crippen molar-refractivity contribution in [3.05, 3.63) is 23.8 Å². The van der Waals surface area contributed by atoms with Crippen LogP contribution in [0.4, 0.5) is 0 Å². The van der Waals surface area contributed by atoms with Crippen LogP contribution in [-0.4, -0.2) is 18.7 Å². The maximum atomic E-state index is 5.76. The second-order valence-corrected chi connectivity index (χ2v) is 5.16. The van der Waals surface area contributed by atoms with Crippen molar-refractivity contribution in [2.24, 2.45) is 5.92 Å². The Morgan fingerprint density at radius 2 is 2.17 bits per heavy atom. The lowest BCUT2D eigenvalue weighted by Gasteiger charge is -2.13. The highest BCUT2D eigenvalue weighted by Gasteiger charge is 2.13. The minimum absolute atomic E-state index is 0.321. The number of hydrogen-bond acceptors (Lipinski definition) is 3. The summed E-state index contributed by atoms with van der Waals surface area (Å²) < 4.78 is 16.4. The largest absolute Gasteiger partial charge is 0.454 e. The molecule has 1 aromatic carbocycles. The van der Waals surface area contributed by atoms with E-state index in [9.17, 15) is 0 Å². The average molecular weight is 315 g/mol. The van der Waals surface area contributed by atoms with Gasteiger partial charge in [0.2, 0.25) is 6.79 Å². The van der Waals surface area contributed by atoms with E-state index in [1.54, 1.807) is 0 Å². The Kier molecular flexibility index (Phi) is 5.32. The van der Waals surface area contributed by atoms with Crippen LogP contribution in [0.25, 0.3) is 0 Å². The summed E-state index contributed by atoms with van der Waals surface area (Å²) in [7, 11) is 0. The van der Waals surface area contributed by atoms with Crippen LogP contribution >= 0.6 is 15.9 Å². The molecule has 0 saturated carbocycles. The third-order valence-corrected chi connectivity index (χ3v) is 3.89. The number of rotatable bonds is 7. The highest BCUT2D eigenvalue weighted by atomic mass is 79.9. The zero-order chi connectivity index (χ0) is 12.8. The van der Waals surface area contributed by atoms with Gasteiger partial charge in [0.25, 0.3) is 0 Å². The van der Waals surface area contributed by atoms with Gasteiger partial charge in [0.05, 0.1) is 13.2 Å². The Hall–Kier alpha value is -0.740. The smallest absolute Gasteiger partial charge is 0.231 e. The predicted octanol–water partition coefficient (Wildman–Crippen LogP) is 3.74. The molecule has 4 heteroatoms. The highest BCUT2D eigenvalue weighted by Crippen LogP contribution is 2.32. The number of benzene rings is 1. The van der Waals surface area contributed by atoms with Gasteiger partial charge in [-0.1, -0.05) is 35.3 Å². The summed E-state index contributed by atoms with van der Waals surface area (Å²) in [5.74, 6) is 2.24. The second-order valence-electron chi connectivity index (χ2n) is 4.51. The van der Waals surface area contributed by atoms with E-state index >= 15 is 0 Å². The minimum Gasteiger partial charge on any atom is -0.454 e. The van der Waals surface area contributed by atoms with Crippen LogP contribution in [-0.2, 0) is 11.3 Å². The molecule has 18 heavy (non-hydrogen) atoms. The Balaban J connectivity index is 1.79. The third kappa shape index (κ3) is 3.62. The number of alkyl halides is 1. The molecule has 1 heterocycles. The Morgan fingerprint density at radius 3 is 2.94 bits per heavy atom. The molecule has 0 bridgehead atoms. The van der Waals surface area contributed by atoms with Crippen LogP contribution in [0.3, 0.4) is 0 Å². The molecule has 0 radical (unpaired) electrons. The van der Waals surface area contributed by atoms with Gasteiger partial charge in [0, 0.05) is 5.33 Å². The summed E-state index contributed by atoms with van der Waals surface area (Å²) >= 11 is 3.53. The first-order valence-electron chi connectivity index (χ1n) is 6.35. The van der Waals surface area contributed by atoms with Crippen molar-refractivity contribution < 1.29 is 14.2 Å². The van der Waals surface area contributed by atoms with E-state index in [4.69, 9.17) is 14.2 Å². The van der Waals surface area contributed by atoms with Crippen LogP contribution in [0.5, 0.6) is 11.5 Å². The zero-order valence-electron chi connectivity index (χ0n) is 10.7. The van der Waals surface area contributed by atoms with E-state index < -0.39 is 0 Å². The summed E-state index contributed by atoms with van der Waals surface area (Å²) in [6.07, 6.45) is 2.40. The third-order valence-electron chi connectivity index (χ3n) is 2.97. The van der Waals surface area contributed by atoms with E-state index in [1.807, 2.05) is 18.2 Å². The lowest BCUT2D eigenvalue weighted by atomic mass is 10.1. The van der Waals surface area contributed by atoms with E-state index in [-0.39, 0.29) is 0 Å². The molecule has 2 rings (SSSR count). The molecule has 0 N–H and O–H groups in total. The quantitative estimate of drug-likeness (QED) is 0.717. The molecule has 1 aliphatic rings. The molecule has 1 atom stereocenters. The standard InChI is InChI=1S/C14H19BrO3/c1-2-3-12(7-15)9-16-8-11-4-5-13-14(6-11)18-10-17-13/h4-6,12H,2-3,7-10H2,1H3. The van der Waals surface area contributed by atoms with Gasteiger partial charge < -0.3 is 14.2 Å². The summed E-state index contributed by atoms with van der Waals surface area (Å²) in [6.45, 7) is 3.95. The normalized spacial score (nSPS) is 14.8. The van der Waals surface area contributed by atoms with E-state index in [2.05, 4.69) is 22.9 Å². The predicted molar refractivity (Wildman–Crippen MR) is 74.4 cm³/mol. The highest BCUT2D eigenvalue weighted by molar-refractivity contribution is 9.09. The van der Waals surface area contributed by atoms with Gasteiger partial charge in [-0.3, -0.25) is 0 Å². The van der Waals surface area contributed by atoms with Crippen molar-refractivity contribution in [2.75, 3.05) is 18.7 Å². The molecule has 0 aromatic heterocycles. The fourth-order valence-corrected chi connectivity index (χ4v) is 2.50. The second kappa shape index (κ2) is 7.00. The SMILES string of the molecule is CCCC(CBr)COCc1ccc2c(c1)OCO2. The summed E-state index contributed by atoms with van der Waals surface area (Å²) in [6, 6.07) is 5.96. The van der Waals surface area contributed by atoms with Crippen LogP contribution in [0, 0.1) is 5.92 Å². The molecule has 0 amide bonds. The van der Waals surface area contributed by atoms with E-state index in [1.165, 1.54) is 12.8 Å². The van der Waals surface area contributed by atoms with Gasteiger partial charge in [0.15, 0.2) is 11.5 Å². The summed E-state index contributed by atoms with van der Waals surface area (Å²) in [5, 5.41) is 1.00. The van der Waals surface area contributed by atoms with Crippen molar-refractivity contribution in [1.29, 1.82) is 0 Å². The Labute approximate surface area is 117 Å². The monoisotopic (exact) mass is 314 g/mol. The Morgan fingerprint density at radius 1 is 1.33 bits per heavy atom. The fourth-order valence-electron chi connectivity index (χ4n) is 1.99. The minimum atomic E-state index is 0.321. The fraction of sp³-hybridized carbons (Fsp3) is 0.571. The van der Waals surface area contributed by atoms with Crippen molar-refractivity contribution in [3.8, 4) is 11.5 Å². The molecule has 3 nitrogen and oxygen atoms in total. The van der Waals surface area contributed by atoms with Gasteiger partial charge in [0.1, 0.15) is 0 Å². The molecule has 100 valence electrons. The lowest BCUT2D eigenvalue weighted by Crippen LogP contribution is -2.10. The molecule has 1 unspecified atom stereocenters. The number of fused-ring (bicyclic) bond motifs is 1. The number of halogens is 1. The van der Waals surface area contributed by atoms with Gasteiger partial charge in [-0.2, -0.15) is 0 Å². The number of ether oxygens (including phenoxy) is 3. The maximum absolute atomic E-state index is 5.76. The van der Waals surface area contributed by atoms with Crippen LogP contribution in [0.1, 0.15) is 25.3 Å². The molecular weight excluding hydrogens is 296 g/mol. The molecular formula is C14H19BrO3. The first-order chi connectivity index (χ1) is 8.83. The average Bonchev–Trinajstić information content (AvgIpc) is 2.85. The molecule has 0 fully saturated rings. The first-order valence-corrected chi connectivity index (χ1v) is 7.48. The van der Waals surface area contributed by atoms with Crippen LogP contribution < -0.4 is 9.47 Å². The van der Waals surface area contributed by atoms with Gasteiger partial charge in [-0.15, -0.1) is 0 Å². The molecule has 0 spiro atoms. The van der Waals surface area contributed by atoms with Gasteiger partial charge >= 0.3 is 0 Å². The molecule has 1 aromatic rings. The zero-order valence-corrected chi connectivity index (χ0v) is 12.2. The summed E-state index contributed by atoms with van der Waals surface area (Å²) in [4.78, 5) is 0. The maximum Gasteiger partial charge on any atom is 0.231 e. The topological polar surface area (TPSA) is 27.7 Å². The van der Waals surface area contributed by atoms with Crippen molar-refractivity contribution in [2.45, 2.75) is 26.4 Å². The van der Waals surface area contributed by atoms with Crippen molar-refractivity contribution in [3.63, 3.8) is 0 Å². The van der Waals surface area contributed by atoms with Crippen molar-refractivity contribution in [1.82, 2.24) is 0 Å². The van der Waals surface area contributed by atoms with Gasteiger partial charge in [-0.25, -0.2) is 0 Å². The molecule has 0 aliphatic carbocycles. The van der Waals surface area contributed by atoms with E-state index in [0.29, 0.717) is 19.3 Å². The van der Waals surface area contributed by atoms with Crippen molar-refractivity contribution >= 4 is 15.9 Å². The van der Waals surface area contributed by atoms with E-state index in [0.717, 1.165) is 29.0 Å². The lowest BCUT2D eigenvalue weighted by molar-refractivity contribution is 0.0909.